The highest BCUT2D eigenvalue weighted by Crippen LogP contribution is 2.31. The van der Waals surface area contributed by atoms with Crippen molar-refractivity contribution in [3.8, 4) is 0 Å². The highest BCUT2D eigenvalue weighted by Gasteiger charge is 2.37. The van der Waals surface area contributed by atoms with Crippen molar-refractivity contribution in [3.05, 3.63) is 64.1 Å². The van der Waals surface area contributed by atoms with Gasteiger partial charge in [0.1, 0.15) is 6.17 Å². The largest absolute Gasteiger partial charge is 0.363 e. The van der Waals surface area contributed by atoms with Gasteiger partial charge in [0.2, 0.25) is 0 Å². The molecule has 0 aliphatic carbocycles. The lowest BCUT2D eigenvalue weighted by atomic mass is 10.0. The molecule has 4 rings (SSSR count). The van der Waals surface area contributed by atoms with Gasteiger partial charge in [-0.15, -0.1) is 0 Å². The normalized spacial score (nSPS) is 19.7. The number of anilines is 1. The summed E-state index contributed by atoms with van der Waals surface area (Å²) >= 11 is 3.47. The maximum Gasteiger partial charge on any atom is 0.278 e. The average Bonchev–Trinajstić information content (AvgIpc) is 2.92. The Morgan fingerprint density at radius 2 is 2.05 bits per heavy atom. The smallest absolute Gasteiger partial charge is 0.278 e. The number of benzene rings is 2. The van der Waals surface area contributed by atoms with E-state index in [9.17, 15) is 4.79 Å². The molecule has 2 aliphatic heterocycles. The van der Waals surface area contributed by atoms with Gasteiger partial charge in [-0.05, 0) is 29.8 Å². The van der Waals surface area contributed by atoms with E-state index in [1.165, 1.54) is 0 Å². The third kappa shape index (κ3) is 2.05. The van der Waals surface area contributed by atoms with Crippen molar-refractivity contribution in [1.82, 2.24) is 5.01 Å². The molecule has 2 aromatic rings. The van der Waals surface area contributed by atoms with Crippen LogP contribution in [0.2, 0.25) is 0 Å². The zero-order valence-electron chi connectivity index (χ0n) is 11.1. The fourth-order valence-corrected chi connectivity index (χ4v) is 3.15. The summed E-state index contributed by atoms with van der Waals surface area (Å²) < 4.78 is 1.01. The summed E-state index contributed by atoms with van der Waals surface area (Å²) in [5, 5.41) is 9.46. The number of para-hydroxylation sites is 1. The number of amides is 1. The monoisotopic (exact) mass is 341 g/mol. The number of carbonyl (C=O) groups excluding carboxylic acids is 1. The van der Waals surface area contributed by atoms with Gasteiger partial charge in [0.25, 0.3) is 5.91 Å². The van der Waals surface area contributed by atoms with Gasteiger partial charge >= 0.3 is 0 Å². The van der Waals surface area contributed by atoms with Crippen molar-refractivity contribution in [2.75, 3.05) is 5.32 Å². The fourth-order valence-electron chi connectivity index (χ4n) is 2.75. The molecule has 1 unspecified atom stereocenters. The van der Waals surface area contributed by atoms with Crippen molar-refractivity contribution in [1.29, 1.82) is 0 Å². The first-order chi connectivity index (χ1) is 10.2. The van der Waals surface area contributed by atoms with E-state index in [2.05, 4.69) is 26.3 Å². The van der Waals surface area contributed by atoms with Gasteiger partial charge in [0.05, 0.1) is 11.3 Å². The second kappa shape index (κ2) is 4.70. The molecule has 1 N–H and O–H groups in total. The van der Waals surface area contributed by atoms with Crippen molar-refractivity contribution in [2.45, 2.75) is 12.6 Å². The molecule has 0 saturated carbocycles. The molecule has 1 atom stereocenters. The number of nitrogens with zero attached hydrogens (tertiary/aromatic N) is 2. The van der Waals surface area contributed by atoms with Crippen LogP contribution in [0.3, 0.4) is 0 Å². The molecule has 2 heterocycles. The molecule has 2 aromatic carbocycles. The van der Waals surface area contributed by atoms with Crippen LogP contribution in [-0.2, 0) is 0 Å². The van der Waals surface area contributed by atoms with E-state index < -0.39 is 0 Å². The average molecular weight is 342 g/mol. The Kier molecular flexibility index (Phi) is 2.82. The number of rotatable bonds is 1. The lowest BCUT2D eigenvalue weighted by Gasteiger charge is -2.29. The van der Waals surface area contributed by atoms with Crippen LogP contribution in [0.5, 0.6) is 0 Å². The predicted octanol–water partition coefficient (Wildman–Crippen LogP) is 3.45. The van der Waals surface area contributed by atoms with Gasteiger partial charge in [-0.3, -0.25) is 4.79 Å². The van der Waals surface area contributed by atoms with Crippen LogP contribution in [0.15, 0.2) is 58.1 Å². The SMILES string of the molecule is O=C1c2ccccc2NC2CC(c3cccc(Br)c3)=NN12. The van der Waals surface area contributed by atoms with Crippen LogP contribution in [0.25, 0.3) is 0 Å². The van der Waals surface area contributed by atoms with Crippen molar-refractivity contribution < 1.29 is 4.79 Å². The van der Waals surface area contributed by atoms with Crippen LogP contribution in [0, 0.1) is 0 Å². The van der Waals surface area contributed by atoms with Crippen LogP contribution < -0.4 is 5.32 Å². The minimum atomic E-state index is -0.0959. The molecule has 0 bridgehead atoms. The molecule has 2 aliphatic rings. The number of carbonyl (C=O) groups is 1. The minimum Gasteiger partial charge on any atom is -0.363 e. The molecule has 0 saturated heterocycles. The molecule has 104 valence electrons. The summed E-state index contributed by atoms with van der Waals surface area (Å²) in [6.07, 6.45) is 0.609. The zero-order valence-corrected chi connectivity index (χ0v) is 12.7. The topological polar surface area (TPSA) is 44.7 Å². The second-order valence-electron chi connectivity index (χ2n) is 5.12. The molecule has 1 amide bonds. The van der Waals surface area contributed by atoms with Crippen molar-refractivity contribution >= 4 is 33.2 Å². The molecule has 0 aromatic heterocycles. The molecule has 21 heavy (non-hydrogen) atoms. The van der Waals surface area contributed by atoms with Crippen LogP contribution in [-0.4, -0.2) is 22.8 Å². The first-order valence-electron chi connectivity index (χ1n) is 6.75. The Morgan fingerprint density at radius 1 is 1.19 bits per heavy atom. The molecule has 4 nitrogen and oxygen atoms in total. The highest BCUT2D eigenvalue weighted by atomic mass is 79.9. The summed E-state index contributed by atoms with van der Waals surface area (Å²) in [4.78, 5) is 12.5. The number of fused-ring (bicyclic) bond motifs is 2. The molecular weight excluding hydrogens is 330 g/mol. The maximum atomic E-state index is 12.5. The number of hydrazone groups is 1. The van der Waals surface area contributed by atoms with Crippen molar-refractivity contribution in [2.24, 2.45) is 5.10 Å². The Balaban J connectivity index is 1.71. The van der Waals surface area contributed by atoms with E-state index in [1.807, 2.05) is 48.5 Å². The van der Waals surface area contributed by atoms with Gasteiger partial charge < -0.3 is 5.32 Å². The third-order valence-electron chi connectivity index (χ3n) is 3.76. The quantitative estimate of drug-likeness (QED) is 0.863. The number of halogens is 1. The molecule has 0 fully saturated rings. The van der Waals surface area contributed by atoms with E-state index in [-0.39, 0.29) is 12.1 Å². The Labute approximate surface area is 130 Å². The third-order valence-corrected chi connectivity index (χ3v) is 4.25. The summed E-state index contributed by atoms with van der Waals surface area (Å²) in [5.41, 5.74) is 3.52. The van der Waals surface area contributed by atoms with Gasteiger partial charge in [-0.25, -0.2) is 5.01 Å². The summed E-state index contributed by atoms with van der Waals surface area (Å²) in [6, 6.07) is 15.5. The van der Waals surface area contributed by atoms with E-state index in [0.717, 1.165) is 21.4 Å². The van der Waals surface area contributed by atoms with E-state index >= 15 is 0 Å². The van der Waals surface area contributed by atoms with Crippen LogP contribution in [0.4, 0.5) is 5.69 Å². The lowest BCUT2D eigenvalue weighted by Crippen LogP contribution is -2.42. The van der Waals surface area contributed by atoms with E-state index in [4.69, 9.17) is 0 Å². The molecular formula is C16H12BrN3O. The minimum absolute atomic E-state index is 0.0423. The van der Waals surface area contributed by atoms with Gasteiger partial charge in [-0.2, -0.15) is 5.10 Å². The van der Waals surface area contributed by atoms with E-state index in [0.29, 0.717) is 12.0 Å². The van der Waals surface area contributed by atoms with Gasteiger partial charge in [-0.1, -0.05) is 40.2 Å². The van der Waals surface area contributed by atoms with E-state index in [1.54, 1.807) is 5.01 Å². The summed E-state index contributed by atoms with van der Waals surface area (Å²) in [6.45, 7) is 0. The first-order valence-corrected chi connectivity index (χ1v) is 7.54. The molecule has 0 spiro atoms. The molecule has 5 heteroatoms. The summed E-state index contributed by atoms with van der Waals surface area (Å²) in [7, 11) is 0. The Hall–Kier alpha value is -2.14. The number of hydrogen-bond donors (Lipinski definition) is 1. The van der Waals surface area contributed by atoms with Crippen molar-refractivity contribution in [3.63, 3.8) is 0 Å². The standard InChI is InChI=1S/C16H12BrN3O/c17-11-5-3-4-10(8-11)14-9-15-18-13-7-2-1-6-12(13)16(21)20(15)19-14/h1-8,15,18H,9H2. The van der Waals surface area contributed by atoms with Gasteiger partial charge in [0, 0.05) is 16.6 Å². The Bertz CT molecular complexity index is 772. The maximum absolute atomic E-state index is 12.5. The molecule has 0 radical (unpaired) electrons. The lowest BCUT2D eigenvalue weighted by molar-refractivity contribution is 0.0718. The fraction of sp³-hybridized carbons (Fsp3) is 0.125. The first kappa shape index (κ1) is 12.6. The van der Waals surface area contributed by atoms with Gasteiger partial charge in [0.15, 0.2) is 0 Å². The number of nitrogens with one attached hydrogen (secondary N) is 1. The predicted molar refractivity (Wildman–Crippen MR) is 85.3 cm³/mol. The summed E-state index contributed by atoms with van der Waals surface area (Å²) in [5.74, 6) is -0.0423. The zero-order chi connectivity index (χ0) is 14.4. The second-order valence-corrected chi connectivity index (χ2v) is 6.03. The van der Waals surface area contributed by atoms with Crippen LogP contribution >= 0.6 is 15.9 Å². The Morgan fingerprint density at radius 3 is 2.90 bits per heavy atom. The van der Waals surface area contributed by atoms with Crippen LogP contribution in [0.1, 0.15) is 22.3 Å². The highest BCUT2D eigenvalue weighted by molar-refractivity contribution is 9.10. The number of hydrogen-bond acceptors (Lipinski definition) is 3.